The molecule has 0 aliphatic carbocycles. The molecule has 1 aromatic heterocycles. The topological polar surface area (TPSA) is 45.2 Å². The van der Waals surface area contributed by atoms with Crippen LogP contribution in [0.25, 0.3) is 0 Å². The van der Waals surface area contributed by atoms with Gasteiger partial charge in [-0.25, -0.2) is 4.98 Å². The molecule has 0 aliphatic rings. The van der Waals surface area contributed by atoms with Crippen LogP contribution in [0, 0.1) is 0 Å². The second-order valence-corrected chi connectivity index (χ2v) is 6.40. The number of hydrogen-bond donors (Lipinski definition) is 1. The van der Waals surface area contributed by atoms with Gasteiger partial charge in [-0.15, -0.1) is 0 Å². The van der Waals surface area contributed by atoms with Crippen molar-refractivity contribution in [1.29, 1.82) is 0 Å². The molecule has 1 amide bonds. The average molecular weight is 366 g/mol. The van der Waals surface area contributed by atoms with Gasteiger partial charge in [-0.1, -0.05) is 48.3 Å². The molecule has 0 spiro atoms. The van der Waals surface area contributed by atoms with Crippen LogP contribution in [-0.4, -0.2) is 28.4 Å². The van der Waals surface area contributed by atoms with E-state index in [0.29, 0.717) is 16.9 Å². The average Bonchev–Trinajstić information content (AvgIpc) is 2.53. The number of hydrogen-bond acceptors (Lipinski definition) is 3. The first kappa shape index (κ1) is 18.7. The summed E-state index contributed by atoms with van der Waals surface area (Å²) < 4.78 is 0. The van der Waals surface area contributed by atoms with Crippen LogP contribution < -0.4 is 5.32 Å². The van der Waals surface area contributed by atoms with Crippen molar-refractivity contribution in [2.45, 2.75) is 32.9 Å². The lowest BCUT2D eigenvalue weighted by molar-refractivity contribution is -0.121. The van der Waals surface area contributed by atoms with E-state index in [0.717, 1.165) is 24.2 Å². The molecule has 0 bridgehead atoms. The zero-order valence-electron chi connectivity index (χ0n) is 13.8. The molecule has 1 aromatic carbocycles. The van der Waals surface area contributed by atoms with Gasteiger partial charge in [0.25, 0.3) is 0 Å². The Morgan fingerprint density at radius 2 is 1.83 bits per heavy atom. The van der Waals surface area contributed by atoms with Crippen molar-refractivity contribution in [2.75, 3.05) is 11.9 Å². The molecule has 6 heteroatoms. The van der Waals surface area contributed by atoms with Crippen molar-refractivity contribution < 1.29 is 4.79 Å². The lowest BCUT2D eigenvalue weighted by atomic mass is 10.2. The minimum Gasteiger partial charge on any atom is -0.325 e. The summed E-state index contributed by atoms with van der Waals surface area (Å²) in [5, 5.41) is 3.66. The maximum atomic E-state index is 12.5. The van der Waals surface area contributed by atoms with Crippen molar-refractivity contribution in [1.82, 2.24) is 9.88 Å². The van der Waals surface area contributed by atoms with E-state index in [2.05, 4.69) is 22.1 Å². The van der Waals surface area contributed by atoms with Crippen molar-refractivity contribution in [3.8, 4) is 0 Å². The summed E-state index contributed by atoms with van der Waals surface area (Å²) in [5.74, 6) is -0.0408. The minimum absolute atomic E-state index is 0.0408. The van der Waals surface area contributed by atoms with Crippen LogP contribution >= 0.6 is 23.2 Å². The number of carbonyl (C=O) groups excluding carboxylic acids is 1. The van der Waals surface area contributed by atoms with Gasteiger partial charge in [0, 0.05) is 12.2 Å². The Bertz CT molecular complexity index is 659. The summed E-state index contributed by atoms with van der Waals surface area (Å²) in [6.45, 7) is 5.36. The molecule has 1 N–H and O–H groups in total. The highest BCUT2D eigenvalue weighted by Gasteiger charge is 2.21. The van der Waals surface area contributed by atoms with Gasteiger partial charge in [0.05, 0.1) is 6.04 Å². The van der Waals surface area contributed by atoms with E-state index in [1.807, 2.05) is 37.3 Å². The number of benzene rings is 1. The van der Waals surface area contributed by atoms with Gasteiger partial charge < -0.3 is 5.32 Å². The van der Waals surface area contributed by atoms with E-state index in [9.17, 15) is 4.79 Å². The van der Waals surface area contributed by atoms with Crippen LogP contribution in [0.4, 0.5) is 5.69 Å². The van der Waals surface area contributed by atoms with E-state index in [-0.39, 0.29) is 11.9 Å². The fourth-order valence-electron chi connectivity index (χ4n) is 2.47. The molecule has 2 aromatic rings. The van der Waals surface area contributed by atoms with Crippen molar-refractivity contribution in [3.63, 3.8) is 0 Å². The summed E-state index contributed by atoms with van der Waals surface area (Å²) in [4.78, 5) is 18.6. The third-order valence-electron chi connectivity index (χ3n) is 3.69. The van der Waals surface area contributed by atoms with E-state index in [4.69, 9.17) is 23.2 Å². The predicted octanol–water partition coefficient (Wildman–Crippen LogP) is 4.63. The number of carbonyl (C=O) groups is 1. The molecule has 2 rings (SSSR count). The second-order valence-electron chi connectivity index (χ2n) is 5.62. The molecule has 128 valence electrons. The van der Waals surface area contributed by atoms with E-state index in [1.165, 1.54) is 0 Å². The quantitative estimate of drug-likeness (QED) is 0.727. The molecule has 0 radical (unpaired) electrons. The van der Waals surface area contributed by atoms with Crippen LogP contribution in [0.2, 0.25) is 10.3 Å². The standard InChI is InChI=1S/C18H21Cl2N3O/c1-3-9-23(12-14-10-16(19)22-17(20)11-14)13(2)18(24)21-15-7-5-4-6-8-15/h4-8,10-11,13H,3,9,12H2,1-2H3,(H,21,24). The third-order valence-corrected chi connectivity index (χ3v) is 4.07. The van der Waals surface area contributed by atoms with Gasteiger partial charge >= 0.3 is 0 Å². The van der Waals surface area contributed by atoms with Gasteiger partial charge in [-0.3, -0.25) is 9.69 Å². The van der Waals surface area contributed by atoms with Crippen molar-refractivity contribution >= 4 is 34.8 Å². The number of para-hydroxylation sites is 1. The van der Waals surface area contributed by atoms with Gasteiger partial charge in [0.1, 0.15) is 10.3 Å². The van der Waals surface area contributed by atoms with Gasteiger partial charge in [-0.05, 0) is 49.7 Å². The maximum absolute atomic E-state index is 12.5. The number of rotatable bonds is 7. The van der Waals surface area contributed by atoms with Crippen LogP contribution in [0.5, 0.6) is 0 Å². The Morgan fingerprint density at radius 1 is 1.21 bits per heavy atom. The number of pyridine rings is 1. The molecular formula is C18H21Cl2N3O. The highest BCUT2D eigenvalue weighted by molar-refractivity contribution is 6.32. The number of halogens is 2. The Balaban J connectivity index is 2.09. The zero-order chi connectivity index (χ0) is 17.5. The molecule has 0 fully saturated rings. The molecule has 1 heterocycles. The summed E-state index contributed by atoms with van der Waals surface area (Å²) in [5.41, 5.74) is 1.73. The summed E-state index contributed by atoms with van der Waals surface area (Å²) >= 11 is 11.9. The first-order chi connectivity index (χ1) is 11.5. The molecule has 1 unspecified atom stereocenters. The monoisotopic (exact) mass is 365 g/mol. The van der Waals surface area contributed by atoms with Crippen LogP contribution in [0.15, 0.2) is 42.5 Å². The smallest absolute Gasteiger partial charge is 0.241 e. The second kappa shape index (κ2) is 9.02. The fourth-order valence-corrected chi connectivity index (χ4v) is 2.98. The van der Waals surface area contributed by atoms with Crippen LogP contribution in [0.3, 0.4) is 0 Å². The maximum Gasteiger partial charge on any atom is 0.241 e. The Kier molecular flexibility index (Phi) is 7.03. The summed E-state index contributed by atoms with van der Waals surface area (Å²) in [6, 6.07) is 12.7. The molecule has 24 heavy (non-hydrogen) atoms. The largest absolute Gasteiger partial charge is 0.325 e. The molecule has 1 atom stereocenters. The summed E-state index contributed by atoms with van der Waals surface area (Å²) in [6.07, 6.45) is 0.940. The predicted molar refractivity (Wildman–Crippen MR) is 99.5 cm³/mol. The molecule has 0 saturated carbocycles. The number of nitrogens with zero attached hydrogens (tertiary/aromatic N) is 2. The molecule has 0 saturated heterocycles. The number of anilines is 1. The molecule has 0 aliphatic heterocycles. The molecule has 4 nitrogen and oxygen atoms in total. The van der Waals surface area contributed by atoms with E-state index < -0.39 is 0 Å². The highest BCUT2D eigenvalue weighted by atomic mass is 35.5. The highest BCUT2D eigenvalue weighted by Crippen LogP contribution is 2.18. The fraction of sp³-hybridized carbons (Fsp3) is 0.333. The lowest BCUT2D eigenvalue weighted by Crippen LogP contribution is -2.42. The number of nitrogens with one attached hydrogen (secondary N) is 1. The zero-order valence-corrected chi connectivity index (χ0v) is 15.3. The lowest BCUT2D eigenvalue weighted by Gasteiger charge is -2.28. The third kappa shape index (κ3) is 5.48. The first-order valence-corrected chi connectivity index (χ1v) is 8.67. The number of aromatic nitrogens is 1. The normalized spacial score (nSPS) is 12.2. The minimum atomic E-state index is -0.282. The van der Waals surface area contributed by atoms with E-state index in [1.54, 1.807) is 12.1 Å². The summed E-state index contributed by atoms with van der Waals surface area (Å²) in [7, 11) is 0. The SMILES string of the molecule is CCCN(Cc1cc(Cl)nc(Cl)c1)C(C)C(=O)Nc1ccccc1. The van der Waals surface area contributed by atoms with Crippen molar-refractivity contribution in [2.24, 2.45) is 0 Å². The number of amides is 1. The molecular weight excluding hydrogens is 345 g/mol. The van der Waals surface area contributed by atoms with Crippen molar-refractivity contribution in [3.05, 3.63) is 58.3 Å². The van der Waals surface area contributed by atoms with Gasteiger partial charge in [-0.2, -0.15) is 0 Å². The Labute approximate surface area is 152 Å². The van der Waals surface area contributed by atoms with Crippen LogP contribution in [-0.2, 0) is 11.3 Å². The van der Waals surface area contributed by atoms with Gasteiger partial charge in [0.15, 0.2) is 0 Å². The van der Waals surface area contributed by atoms with Crippen LogP contribution in [0.1, 0.15) is 25.8 Å². The Hall–Kier alpha value is -1.62. The van der Waals surface area contributed by atoms with Gasteiger partial charge in [0.2, 0.25) is 5.91 Å². The van der Waals surface area contributed by atoms with E-state index >= 15 is 0 Å². The Morgan fingerprint density at radius 3 is 2.42 bits per heavy atom. The first-order valence-electron chi connectivity index (χ1n) is 7.91.